The molecule has 0 radical (unpaired) electrons. The number of hydrogen-bond acceptors (Lipinski definition) is 5. The Morgan fingerprint density at radius 3 is 2.45 bits per heavy atom. The van der Waals surface area contributed by atoms with E-state index in [9.17, 15) is 18.4 Å². The molecular weight excluding hydrogens is 404 g/mol. The molecule has 2 heterocycles. The van der Waals surface area contributed by atoms with E-state index in [-0.39, 0.29) is 28.1 Å². The lowest BCUT2D eigenvalue weighted by atomic mass is 10.1. The normalized spacial score (nSPS) is 14.1. The van der Waals surface area contributed by atoms with Crippen LogP contribution in [0.25, 0.3) is 16.6 Å². The Balaban J connectivity index is 1.57. The first kappa shape index (κ1) is 20.4. The number of anilines is 1. The van der Waals surface area contributed by atoms with Crippen molar-refractivity contribution in [3.63, 3.8) is 0 Å². The standard InChI is InChI=1S/C22H19F2N5O2/c23-17-10-14-9-16(21(30)27-19(14)11-18(17)24)20(28-25)12-26-15-5-3-13(4-6-15)22(31)29-7-1-2-8-29/h3-6,9-12,25-26H,1-2,7-8H2,(H,27,30)/b20-12-,28-25?. The number of nitrogens with zero attached hydrogens (tertiary/aromatic N) is 2. The predicted molar refractivity (Wildman–Crippen MR) is 113 cm³/mol. The number of hydrogen-bond donors (Lipinski definition) is 3. The highest BCUT2D eigenvalue weighted by atomic mass is 19.2. The largest absolute Gasteiger partial charge is 0.360 e. The van der Waals surface area contributed by atoms with Crippen LogP contribution in [0.2, 0.25) is 0 Å². The van der Waals surface area contributed by atoms with Crippen LogP contribution in [0, 0.1) is 17.2 Å². The summed E-state index contributed by atoms with van der Waals surface area (Å²) in [5.41, 5.74) is 8.21. The first-order valence-electron chi connectivity index (χ1n) is 9.72. The Hall–Kier alpha value is -3.88. The smallest absolute Gasteiger partial charge is 0.258 e. The van der Waals surface area contributed by atoms with Crippen LogP contribution in [0.15, 0.2) is 58.6 Å². The van der Waals surface area contributed by atoms with Gasteiger partial charge in [-0.05, 0) is 49.2 Å². The number of benzene rings is 2. The number of aromatic amines is 1. The maximum Gasteiger partial charge on any atom is 0.258 e. The SMILES string of the molecule is N=N/C(=C\Nc1ccc(C(=O)N2CCCC2)cc1)c1cc2cc(F)c(F)cc2[nH]c1=O. The van der Waals surface area contributed by atoms with Crippen molar-refractivity contribution in [1.82, 2.24) is 9.88 Å². The molecule has 158 valence electrons. The average molecular weight is 423 g/mol. The highest BCUT2D eigenvalue weighted by Crippen LogP contribution is 2.21. The van der Waals surface area contributed by atoms with Crippen molar-refractivity contribution in [1.29, 1.82) is 5.53 Å². The summed E-state index contributed by atoms with van der Waals surface area (Å²) in [6.07, 6.45) is 3.40. The molecule has 0 saturated carbocycles. The zero-order chi connectivity index (χ0) is 22.0. The highest BCUT2D eigenvalue weighted by molar-refractivity contribution is 5.94. The van der Waals surface area contributed by atoms with Gasteiger partial charge in [0.15, 0.2) is 11.6 Å². The van der Waals surface area contributed by atoms with Gasteiger partial charge in [-0.25, -0.2) is 14.3 Å². The average Bonchev–Trinajstić information content (AvgIpc) is 3.31. The molecule has 3 aromatic rings. The second kappa shape index (κ2) is 8.47. The zero-order valence-electron chi connectivity index (χ0n) is 16.4. The van der Waals surface area contributed by atoms with Gasteiger partial charge >= 0.3 is 0 Å². The van der Waals surface area contributed by atoms with E-state index in [4.69, 9.17) is 5.53 Å². The van der Waals surface area contributed by atoms with E-state index in [0.29, 0.717) is 11.3 Å². The number of carbonyl (C=O) groups excluding carboxylic acids is 1. The number of aromatic nitrogens is 1. The minimum atomic E-state index is -1.06. The second-order valence-corrected chi connectivity index (χ2v) is 7.23. The predicted octanol–water partition coefficient (Wildman–Crippen LogP) is 4.48. The monoisotopic (exact) mass is 423 g/mol. The van der Waals surface area contributed by atoms with Crippen LogP contribution in [-0.2, 0) is 0 Å². The Morgan fingerprint density at radius 2 is 1.77 bits per heavy atom. The molecule has 7 nitrogen and oxygen atoms in total. The lowest BCUT2D eigenvalue weighted by Gasteiger charge is -2.15. The zero-order valence-corrected chi connectivity index (χ0v) is 16.4. The first-order chi connectivity index (χ1) is 15.0. The quantitative estimate of drug-likeness (QED) is 0.527. The fraction of sp³-hybridized carbons (Fsp3) is 0.182. The molecule has 1 saturated heterocycles. The molecule has 0 atom stereocenters. The van der Waals surface area contributed by atoms with Gasteiger partial charge in [-0.3, -0.25) is 9.59 Å². The van der Waals surface area contributed by atoms with E-state index in [2.05, 4.69) is 15.4 Å². The van der Waals surface area contributed by atoms with Gasteiger partial charge in [0.25, 0.3) is 11.5 Å². The molecule has 3 N–H and O–H groups in total. The molecule has 9 heteroatoms. The molecular formula is C22H19F2N5O2. The van der Waals surface area contributed by atoms with Gasteiger partial charge in [0.05, 0.1) is 11.1 Å². The number of fused-ring (bicyclic) bond motifs is 1. The lowest BCUT2D eigenvalue weighted by Crippen LogP contribution is -2.27. The second-order valence-electron chi connectivity index (χ2n) is 7.23. The topological polar surface area (TPSA) is 101 Å². The molecule has 1 fully saturated rings. The fourth-order valence-electron chi connectivity index (χ4n) is 3.52. The Labute approximate surface area is 175 Å². The first-order valence-corrected chi connectivity index (χ1v) is 9.72. The van der Waals surface area contributed by atoms with Crippen LogP contribution >= 0.6 is 0 Å². The molecule has 0 bridgehead atoms. The number of H-pyrrole nitrogens is 1. The van der Waals surface area contributed by atoms with Gasteiger partial charge in [0, 0.05) is 42.0 Å². The summed E-state index contributed by atoms with van der Waals surface area (Å²) in [5, 5.41) is 6.59. The molecule has 2 aromatic carbocycles. The van der Waals surface area contributed by atoms with Crippen LogP contribution in [0.4, 0.5) is 14.5 Å². The molecule has 1 aliphatic heterocycles. The minimum Gasteiger partial charge on any atom is -0.360 e. The summed E-state index contributed by atoms with van der Waals surface area (Å²) < 4.78 is 26.9. The lowest BCUT2D eigenvalue weighted by molar-refractivity contribution is 0.0793. The van der Waals surface area contributed by atoms with Gasteiger partial charge in [0.1, 0.15) is 5.70 Å². The summed E-state index contributed by atoms with van der Waals surface area (Å²) in [6.45, 7) is 1.54. The van der Waals surface area contributed by atoms with Crippen LogP contribution in [0.5, 0.6) is 0 Å². The number of likely N-dealkylation sites (tertiary alicyclic amines) is 1. The fourth-order valence-corrected chi connectivity index (χ4v) is 3.52. The van der Waals surface area contributed by atoms with Crippen molar-refractivity contribution < 1.29 is 13.6 Å². The molecule has 0 unspecified atom stereocenters. The van der Waals surface area contributed by atoms with E-state index in [0.717, 1.165) is 38.1 Å². The van der Waals surface area contributed by atoms with Crippen LogP contribution in [-0.4, -0.2) is 28.9 Å². The van der Waals surface area contributed by atoms with Crippen LogP contribution in [0.3, 0.4) is 0 Å². The van der Waals surface area contributed by atoms with Gasteiger partial charge < -0.3 is 15.2 Å². The number of pyridine rings is 1. The van der Waals surface area contributed by atoms with Gasteiger partial charge in [-0.1, -0.05) is 0 Å². The highest BCUT2D eigenvalue weighted by Gasteiger charge is 2.19. The van der Waals surface area contributed by atoms with E-state index in [1.807, 2.05) is 4.90 Å². The van der Waals surface area contributed by atoms with Crippen LogP contribution < -0.4 is 10.9 Å². The third-order valence-corrected chi connectivity index (χ3v) is 5.18. The number of amides is 1. The van der Waals surface area contributed by atoms with Crippen molar-refractivity contribution in [3.05, 3.63) is 81.8 Å². The van der Waals surface area contributed by atoms with Gasteiger partial charge in [-0.2, -0.15) is 5.11 Å². The van der Waals surface area contributed by atoms with Gasteiger partial charge in [0.2, 0.25) is 0 Å². The van der Waals surface area contributed by atoms with E-state index >= 15 is 0 Å². The van der Waals surface area contributed by atoms with E-state index in [1.54, 1.807) is 24.3 Å². The number of carbonyl (C=O) groups is 1. The molecule has 1 aromatic heterocycles. The van der Waals surface area contributed by atoms with E-state index in [1.165, 1.54) is 12.3 Å². The number of halogens is 2. The molecule has 1 amide bonds. The summed E-state index contributed by atoms with van der Waals surface area (Å²) >= 11 is 0. The minimum absolute atomic E-state index is 0.00472. The number of nitrogens with one attached hydrogen (secondary N) is 3. The molecule has 1 aliphatic rings. The van der Waals surface area contributed by atoms with Crippen molar-refractivity contribution in [2.75, 3.05) is 18.4 Å². The van der Waals surface area contributed by atoms with Crippen molar-refractivity contribution in [2.45, 2.75) is 12.8 Å². The molecule has 31 heavy (non-hydrogen) atoms. The van der Waals surface area contributed by atoms with Crippen molar-refractivity contribution in [3.8, 4) is 0 Å². The maximum absolute atomic E-state index is 13.5. The van der Waals surface area contributed by atoms with Gasteiger partial charge in [-0.15, -0.1) is 0 Å². The summed E-state index contributed by atoms with van der Waals surface area (Å²) in [6, 6.07) is 10.0. The summed E-state index contributed by atoms with van der Waals surface area (Å²) in [5.74, 6) is -2.11. The molecule has 0 aliphatic carbocycles. The maximum atomic E-state index is 13.5. The Kier molecular flexibility index (Phi) is 5.57. The van der Waals surface area contributed by atoms with Crippen molar-refractivity contribution in [2.24, 2.45) is 5.11 Å². The van der Waals surface area contributed by atoms with Crippen LogP contribution in [0.1, 0.15) is 28.8 Å². The summed E-state index contributed by atoms with van der Waals surface area (Å²) in [7, 11) is 0. The third-order valence-electron chi connectivity index (χ3n) is 5.18. The number of rotatable bonds is 5. The van der Waals surface area contributed by atoms with E-state index < -0.39 is 17.2 Å². The Morgan fingerprint density at radius 1 is 1.10 bits per heavy atom. The molecule has 0 spiro atoms. The Bertz CT molecular complexity index is 1250. The van der Waals surface area contributed by atoms with Crippen molar-refractivity contribution >= 4 is 28.2 Å². The third kappa shape index (κ3) is 4.20. The molecule has 4 rings (SSSR count). The summed E-state index contributed by atoms with van der Waals surface area (Å²) in [4.78, 5) is 29.1.